The molecule has 40 heavy (non-hydrogen) atoms. The van der Waals surface area contributed by atoms with E-state index in [-0.39, 0.29) is 11.8 Å². The lowest BCUT2D eigenvalue weighted by atomic mass is 9.99. The molecule has 4 rings (SSSR count). The first-order chi connectivity index (χ1) is 19.4. The van der Waals surface area contributed by atoms with Gasteiger partial charge in [0.1, 0.15) is 5.75 Å². The number of unbranched alkanes of at least 4 members (excludes halogenated alkanes) is 2. The van der Waals surface area contributed by atoms with Crippen LogP contribution in [-0.2, 0) is 11.2 Å². The zero-order chi connectivity index (χ0) is 28.3. The summed E-state index contributed by atoms with van der Waals surface area (Å²) in [5.41, 5.74) is 2.16. The molecule has 0 spiro atoms. The molecular formula is C32H46N4O4. The summed E-state index contributed by atoms with van der Waals surface area (Å²) in [5, 5.41) is 17.9. The van der Waals surface area contributed by atoms with Crippen molar-refractivity contribution in [3.63, 3.8) is 0 Å². The van der Waals surface area contributed by atoms with Crippen molar-refractivity contribution >= 4 is 17.5 Å². The van der Waals surface area contributed by atoms with Crippen LogP contribution in [0.2, 0.25) is 0 Å². The molecule has 0 bridgehead atoms. The summed E-state index contributed by atoms with van der Waals surface area (Å²) in [6, 6.07) is 15.2. The predicted octanol–water partition coefficient (Wildman–Crippen LogP) is 3.77. The molecule has 2 aliphatic rings. The van der Waals surface area contributed by atoms with Crippen molar-refractivity contribution in [3.8, 4) is 5.75 Å². The first-order valence-corrected chi connectivity index (χ1v) is 15.0. The maximum Gasteiger partial charge on any atom is 0.251 e. The number of rotatable bonds is 14. The molecule has 2 fully saturated rings. The number of hydrogen-bond acceptors (Lipinski definition) is 6. The second-order valence-corrected chi connectivity index (χ2v) is 11.2. The van der Waals surface area contributed by atoms with Crippen LogP contribution in [0.5, 0.6) is 5.75 Å². The lowest BCUT2D eigenvalue weighted by Gasteiger charge is -2.31. The molecule has 0 aromatic heterocycles. The number of nitrogens with zero attached hydrogens (tertiary/aromatic N) is 2. The number of likely N-dealkylation sites (tertiary alicyclic amines) is 1. The van der Waals surface area contributed by atoms with Crippen LogP contribution in [0.4, 0.5) is 5.69 Å². The summed E-state index contributed by atoms with van der Waals surface area (Å²) < 4.78 is 6.01. The van der Waals surface area contributed by atoms with E-state index in [1.807, 2.05) is 36.4 Å². The Morgan fingerprint density at radius 3 is 2.58 bits per heavy atom. The number of anilines is 1. The molecule has 0 aliphatic carbocycles. The molecule has 8 nitrogen and oxygen atoms in total. The largest absolute Gasteiger partial charge is 0.493 e. The zero-order valence-corrected chi connectivity index (χ0v) is 24.1. The van der Waals surface area contributed by atoms with Crippen LogP contribution in [0.25, 0.3) is 0 Å². The van der Waals surface area contributed by atoms with Crippen LogP contribution in [0.15, 0.2) is 48.5 Å². The SMILES string of the molecule is CCCCCOc1cc(C(=O)NC(Cc2ccccc2)C(O)CNC2CCN(C)CC2)cc(N2CCCC2=O)c1. The van der Waals surface area contributed by atoms with E-state index in [0.29, 0.717) is 55.6 Å². The van der Waals surface area contributed by atoms with E-state index >= 15 is 0 Å². The number of hydrogen-bond donors (Lipinski definition) is 3. The van der Waals surface area contributed by atoms with Gasteiger partial charge in [-0.2, -0.15) is 0 Å². The molecule has 2 heterocycles. The average Bonchev–Trinajstić information content (AvgIpc) is 3.40. The number of nitrogens with one attached hydrogen (secondary N) is 2. The van der Waals surface area contributed by atoms with Crippen LogP contribution < -0.4 is 20.3 Å². The summed E-state index contributed by atoms with van der Waals surface area (Å²) in [5.74, 6) is 0.362. The summed E-state index contributed by atoms with van der Waals surface area (Å²) in [7, 11) is 2.13. The minimum atomic E-state index is -0.767. The van der Waals surface area contributed by atoms with Crippen molar-refractivity contribution in [2.45, 2.75) is 76.5 Å². The number of amides is 2. The number of aliphatic hydroxyl groups excluding tert-OH is 1. The third-order valence-electron chi connectivity index (χ3n) is 7.97. The molecular weight excluding hydrogens is 504 g/mol. The molecule has 2 unspecified atom stereocenters. The molecule has 2 aliphatic heterocycles. The normalized spacial score (nSPS) is 18.1. The number of carbonyl (C=O) groups excluding carboxylic acids is 2. The van der Waals surface area contributed by atoms with Gasteiger partial charge in [0.25, 0.3) is 5.91 Å². The highest BCUT2D eigenvalue weighted by Crippen LogP contribution is 2.28. The van der Waals surface area contributed by atoms with Crippen molar-refractivity contribution in [2.24, 2.45) is 0 Å². The first-order valence-electron chi connectivity index (χ1n) is 15.0. The average molecular weight is 551 g/mol. The molecule has 218 valence electrons. The van der Waals surface area contributed by atoms with E-state index in [1.165, 1.54) is 0 Å². The highest BCUT2D eigenvalue weighted by molar-refractivity contribution is 5.99. The van der Waals surface area contributed by atoms with Crippen molar-refractivity contribution in [2.75, 3.05) is 44.7 Å². The van der Waals surface area contributed by atoms with Gasteiger partial charge in [0.2, 0.25) is 5.91 Å². The lowest BCUT2D eigenvalue weighted by molar-refractivity contribution is -0.117. The Morgan fingerprint density at radius 2 is 1.88 bits per heavy atom. The number of benzene rings is 2. The van der Waals surface area contributed by atoms with Crippen molar-refractivity contribution < 1.29 is 19.4 Å². The highest BCUT2D eigenvalue weighted by atomic mass is 16.5. The summed E-state index contributed by atoms with van der Waals surface area (Å²) >= 11 is 0. The summed E-state index contributed by atoms with van der Waals surface area (Å²) in [6.45, 7) is 5.82. The van der Waals surface area contributed by atoms with Gasteiger partial charge in [-0.05, 0) is 69.9 Å². The molecule has 3 N–H and O–H groups in total. The Bertz CT molecular complexity index is 1090. The Labute approximate surface area is 239 Å². The monoisotopic (exact) mass is 550 g/mol. The van der Waals surface area contributed by atoms with E-state index in [2.05, 4.69) is 29.5 Å². The minimum Gasteiger partial charge on any atom is -0.493 e. The molecule has 0 saturated carbocycles. The fourth-order valence-corrected chi connectivity index (χ4v) is 5.46. The van der Waals surface area contributed by atoms with Crippen molar-refractivity contribution in [1.82, 2.24) is 15.5 Å². The first kappa shape index (κ1) is 30.0. The van der Waals surface area contributed by atoms with E-state index in [1.54, 1.807) is 17.0 Å². The lowest BCUT2D eigenvalue weighted by Crippen LogP contribution is -2.51. The van der Waals surface area contributed by atoms with Crippen LogP contribution in [0.3, 0.4) is 0 Å². The highest BCUT2D eigenvalue weighted by Gasteiger charge is 2.27. The molecule has 2 atom stereocenters. The van der Waals surface area contributed by atoms with E-state index in [4.69, 9.17) is 4.74 Å². The molecule has 2 aromatic rings. The van der Waals surface area contributed by atoms with Gasteiger partial charge in [0, 0.05) is 42.9 Å². The Kier molecular flexibility index (Phi) is 11.4. The maximum atomic E-state index is 13.7. The molecule has 0 radical (unpaired) electrons. The van der Waals surface area contributed by atoms with Crippen LogP contribution >= 0.6 is 0 Å². The second-order valence-electron chi connectivity index (χ2n) is 11.2. The molecule has 2 aromatic carbocycles. The quantitative estimate of drug-likeness (QED) is 0.310. The fraction of sp³-hybridized carbons (Fsp3) is 0.562. The third-order valence-corrected chi connectivity index (χ3v) is 7.97. The Morgan fingerprint density at radius 1 is 1.10 bits per heavy atom. The Hall–Kier alpha value is -2.94. The van der Waals surface area contributed by atoms with Crippen molar-refractivity contribution in [3.05, 3.63) is 59.7 Å². The number of ether oxygens (including phenoxy) is 1. The second kappa shape index (κ2) is 15.2. The summed E-state index contributed by atoms with van der Waals surface area (Å²) in [4.78, 5) is 30.2. The van der Waals surface area contributed by atoms with Gasteiger partial charge in [-0.1, -0.05) is 50.1 Å². The van der Waals surface area contributed by atoms with E-state index in [0.717, 1.165) is 57.2 Å². The fourth-order valence-electron chi connectivity index (χ4n) is 5.46. The molecule has 2 saturated heterocycles. The molecule has 2 amide bonds. The number of piperidine rings is 1. The summed E-state index contributed by atoms with van der Waals surface area (Å²) in [6.07, 6.45) is 6.24. The zero-order valence-electron chi connectivity index (χ0n) is 24.1. The number of aliphatic hydroxyl groups is 1. The van der Waals surface area contributed by atoms with Gasteiger partial charge in [-0.3, -0.25) is 9.59 Å². The smallest absolute Gasteiger partial charge is 0.251 e. The van der Waals surface area contributed by atoms with E-state index < -0.39 is 12.1 Å². The van der Waals surface area contributed by atoms with Gasteiger partial charge in [-0.15, -0.1) is 0 Å². The number of carbonyl (C=O) groups is 2. The van der Waals surface area contributed by atoms with Gasteiger partial charge >= 0.3 is 0 Å². The van der Waals surface area contributed by atoms with Crippen molar-refractivity contribution in [1.29, 1.82) is 0 Å². The van der Waals surface area contributed by atoms with Gasteiger partial charge < -0.3 is 30.3 Å². The van der Waals surface area contributed by atoms with Crippen LogP contribution in [0.1, 0.15) is 67.8 Å². The standard InChI is InChI=1S/C32H46N4O4/c1-3-4-8-18-40-28-21-25(20-27(22-28)36-15-9-12-31(36)38)32(39)34-29(19-24-10-6-5-7-11-24)30(37)23-33-26-13-16-35(2)17-14-26/h5-7,10-11,20-22,26,29-30,33,37H,3-4,8-9,12-19,23H2,1-2H3,(H,34,39). The maximum absolute atomic E-state index is 13.7. The van der Waals surface area contributed by atoms with Crippen LogP contribution in [-0.4, -0.2) is 79.8 Å². The minimum absolute atomic E-state index is 0.0619. The topological polar surface area (TPSA) is 94.1 Å². The van der Waals surface area contributed by atoms with Crippen LogP contribution in [0, 0.1) is 0 Å². The van der Waals surface area contributed by atoms with Gasteiger partial charge in [-0.25, -0.2) is 0 Å². The third kappa shape index (κ3) is 8.78. The van der Waals surface area contributed by atoms with Gasteiger partial charge in [0.15, 0.2) is 0 Å². The Balaban J connectivity index is 1.49. The van der Waals surface area contributed by atoms with E-state index in [9.17, 15) is 14.7 Å². The molecule has 8 heteroatoms. The van der Waals surface area contributed by atoms with Gasteiger partial charge in [0.05, 0.1) is 18.8 Å². The predicted molar refractivity (Wildman–Crippen MR) is 159 cm³/mol.